The van der Waals surface area contributed by atoms with Crippen molar-refractivity contribution >= 4 is 63.0 Å². The fraction of sp³-hybridized carbons (Fsp3) is 0.176. The summed E-state index contributed by atoms with van der Waals surface area (Å²) >= 11 is 2.05. The van der Waals surface area contributed by atoms with Crippen molar-refractivity contribution in [1.82, 2.24) is 4.57 Å². The molecule has 1 fully saturated rings. The van der Waals surface area contributed by atoms with Crippen molar-refractivity contribution in [3.05, 3.63) is 111 Å². The number of halogens is 1. The first-order chi connectivity index (χ1) is 22.3. The van der Waals surface area contributed by atoms with Crippen LogP contribution in [0.15, 0.2) is 94.7 Å². The van der Waals surface area contributed by atoms with E-state index >= 15 is 0 Å². The highest BCUT2D eigenvalue weighted by Gasteiger charge is 2.57. The molecule has 0 aliphatic carbocycles. The number of carbonyl (C=O) groups is 3. The number of rotatable bonds is 7. The number of nitrogens with one attached hydrogen (secondary N) is 1. The molecular weight excluding hydrogens is 630 g/mol. The Morgan fingerprint density at radius 1 is 0.891 bits per heavy atom. The molecule has 0 spiro atoms. The highest BCUT2D eigenvalue weighted by molar-refractivity contribution is 8.00. The van der Waals surface area contributed by atoms with Crippen molar-refractivity contribution in [2.24, 2.45) is 5.92 Å². The third-order valence-electron chi connectivity index (χ3n) is 8.27. The lowest BCUT2D eigenvalue weighted by atomic mass is 9.83. The summed E-state index contributed by atoms with van der Waals surface area (Å²) in [6.45, 7) is -0.291. The Balaban J connectivity index is 1.30. The van der Waals surface area contributed by atoms with E-state index in [0.29, 0.717) is 32.7 Å². The molecule has 12 heteroatoms. The zero-order chi connectivity index (χ0) is 32.1. The van der Waals surface area contributed by atoms with E-state index in [2.05, 4.69) is 5.32 Å². The largest absolute Gasteiger partial charge is 0.493 e. The van der Waals surface area contributed by atoms with E-state index in [1.165, 1.54) is 43.1 Å². The van der Waals surface area contributed by atoms with Crippen molar-refractivity contribution < 1.29 is 28.2 Å². The van der Waals surface area contributed by atoms with E-state index in [4.69, 9.17) is 9.47 Å². The van der Waals surface area contributed by atoms with Gasteiger partial charge in [-0.2, -0.15) is 0 Å². The predicted octanol–water partition coefficient (Wildman–Crippen LogP) is 5.65. The Bertz CT molecular complexity index is 2090. The molecule has 4 aromatic carbocycles. The molecule has 0 radical (unpaired) electrons. The Kier molecular flexibility index (Phi) is 7.61. The molecule has 5 aromatic rings. The van der Waals surface area contributed by atoms with E-state index in [-0.39, 0.29) is 17.1 Å². The van der Waals surface area contributed by atoms with Gasteiger partial charge in [0.2, 0.25) is 17.7 Å². The lowest BCUT2D eigenvalue weighted by molar-refractivity contribution is -0.122. The number of thiazole rings is 1. The summed E-state index contributed by atoms with van der Waals surface area (Å²) in [6.07, 6.45) is 0. The molecule has 3 heterocycles. The summed E-state index contributed by atoms with van der Waals surface area (Å²) in [6, 6.07) is 23.6. The zero-order valence-electron chi connectivity index (χ0n) is 24.6. The minimum absolute atomic E-state index is 0.257. The van der Waals surface area contributed by atoms with Crippen LogP contribution < -0.4 is 24.6 Å². The van der Waals surface area contributed by atoms with Crippen molar-refractivity contribution in [2.75, 3.05) is 24.4 Å². The van der Waals surface area contributed by atoms with Crippen LogP contribution >= 0.6 is 23.1 Å². The number of aromatic nitrogens is 1. The first-order valence-electron chi connectivity index (χ1n) is 14.3. The number of amides is 3. The van der Waals surface area contributed by atoms with Gasteiger partial charge >= 0.3 is 4.87 Å². The number of methoxy groups -OCH3 is 2. The van der Waals surface area contributed by atoms with Crippen LogP contribution in [0.25, 0.3) is 10.8 Å². The highest BCUT2D eigenvalue weighted by Crippen LogP contribution is 2.54. The van der Waals surface area contributed by atoms with Crippen LogP contribution in [0.4, 0.5) is 15.8 Å². The Morgan fingerprint density at radius 2 is 1.63 bits per heavy atom. The van der Waals surface area contributed by atoms with Crippen LogP contribution in [0.1, 0.15) is 16.4 Å². The second-order valence-electron chi connectivity index (χ2n) is 10.8. The van der Waals surface area contributed by atoms with E-state index in [1.807, 2.05) is 36.4 Å². The maximum absolute atomic E-state index is 14.1. The van der Waals surface area contributed by atoms with Gasteiger partial charge in [-0.25, -0.2) is 9.29 Å². The normalized spacial score (nSPS) is 18.8. The summed E-state index contributed by atoms with van der Waals surface area (Å²) in [7, 11) is 3.01. The predicted molar refractivity (Wildman–Crippen MR) is 175 cm³/mol. The Labute approximate surface area is 270 Å². The van der Waals surface area contributed by atoms with Crippen LogP contribution in [0.2, 0.25) is 0 Å². The molecule has 232 valence electrons. The average molecular weight is 656 g/mol. The first kappa shape index (κ1) is 29.8. The van der Waals surface area contributed by atoms with Crippen LogP contribution in [0.5, 0.6) is 11.5 Å². The van der Waals surface area contributed by atoms with Gasteiger partial charge in [-0.3, -0.25) is 23.7 Å². The maximum Gasteiger partial charge on any atom is 0.308 e. The standard InChI is InChI=1S/C34H26FN3O6S2/c1-43-24-15-10-19(16-25(24)44-2)27-28-29(32(41)38(31(28)40)21-13-11-20(35)12-14-21)45-33-30(27)46-34(42)37(33)17-26(39)36-23-9-5-7-18-6-3-4-8-22(18)23/h3-16,27-29H,17H2,1-2H3,(H,36,39)/t27-,28?,29?/m1/s1. The van der Waals surface area contributed by atoms with E-state index in [9.17, 15) is 23.6 Å². The summed E-state index contributed by atoms with van der Waals surface area (Å²) in [5.74, 6) is -2.52. The molecule has 1 N–H and O–H groups in total. The number of ether oxygens (including phenoxy) is 2. The quantitative estimate of drug-likeness (QED) is 0.226. The van der Waals surface area contributed by atoms with Gasteiger partial charge in [0.15, 0.2) is 11.5 Å². The molecule has 0 bridgehead atoms. The van der Waals surface area contributed by atoms with Crippen LogP contribution in [-0.4, -0.2) is 41.8 Å². The number of anilines is 2. The molecule has 2 aliphatic heterocycles. The molecule has 1 saturated heterocycles. The van der Waals surface area contributed by atoms with Crippen LogP contribution in [0.3, 0.4) is 0 Å². The van der Waals surface area contributed by atoms with Gasteiger partial charge in [-0.05, 0) is 53.4 Å². The minimum atomic E-state index is -0.899. The summed E-state index contributed by atoms with van der Waals surface area (Å²) in [5, 5.41) is 4.30. The van der Waals surface area contributed by atoms with Crippen LogP contribution in [-0.2, 0) is 20.9 Å². The van der Waals surface area contributed by atoms with E-state index in [1.54, 1.807) is 24.3 Å². The van der Waals surface area contributed by atoms with Gasteiger partial charge in [0.05, 0.1) is 30.9 Å². The lowest BCUT2D eigenvalue weighted by Gasteiger charge is -2.31. The molecule has 0 saturated carbocycles. The molecule has 7 rings (SSSR count). The number of hydrogen-bond acceptors (Lipinski definition) is 8. The fourth-order valence-electron chi connectivity index (χ4n) is 6.17. The molecule has 1 aromatic heterocycles. The van der Waals surface area contributed by atoms with Gasteiger partial charge < -0.3 is 14.8 Å². The van der Waals surface area contributed by atoms with Crippen LogP contribution in [0, 0.1) is 11.7 Å². The second-order valence-corrected chi connectivity index (χ2v) is 13.0. The Hall–Kier alpha value is -4.94. The van der Waals surface area contributed by atoms with Crippen molar-refractivity contribution in [2.45, 2.75) is 22.7 Å². The summed E-state index contributed by atoms with van der Waals surface area (Å²) in [4.78, 5) is 56.2. The monoisotopic (exact) mass is 655 g/mol. The van der Waals surface area contributed by atoms with Gasteiger partial charge in [0.25, 0.3) is 0 Å². The molecule has 2 aliphatic rings. The molecule has 3 amide bonds. The third kappa shape index (κ3) is 4.94. The molecular formula is C34H26FN3O6S2. The zero-order valence-corrected chi connectivity index (χ0v) is 26.2. The maximum atomic E-state index is 14.1. The number of nitrogens with zero attached hydrogens (tertiary/aromatic N) is 2. The van der Waals surface area contributed by atoms with Crippen molar-refractivity contribution in [3.8, 4) is 11.5 Å². The highest BCUT2D eigenvalue weighted by atomic mass is 32.2. The minimum Gasteiger partial charge on any atom is -0.493 e. The fourth-order valence-corrected chi connectivity index (χ4v) is 8.95. The molecule has 3 atom stereocenters. The average Bonchev–Trinajstić information content (AvgIpc) is 3.51. The van der Waals surface area contributed by atoms with Gasteiger partial charge in [-0.1, -0.05) is 65.6 Å². The molecule has 2 unspecified atom stereocenters. The summed E-state index contributed by atoms with van der Waals surface area (Å²) in [5.41, 5.74) is 1.51. The lowest BCUT2D eigenvalue weighted by Crippen LogP contribution is -2.33. The topological polar surface area (TPSA) is 107 Å². The second kappa shape index (κ2) is 11.8. The van der Waals surface area contributed by atoms with E-state index in [0.717, 1.165) is 38.8 Å². The van der Waals surface area contributed by atoms with Gasteiger partial charge in [-0.15, -0.1) is 0 Å². The number of thioether (sulfide) groups is 1. The first-order valence-corrected chi connectivity index (χ1v) is 16.0. The number of imide groups is 1. The van der Waals surface area contributed by atoms with Crippen molar-refractivity contribution in [3.63, 3.8) is 0 Å². The van der Waals surface area contributed by atoms with Gasteiger partial charge in [0, 0.05) is 21.9 Å². The van der Waals surface area contributed by atoms with E-state index < -0.39 is 40.6 Å². The molecule has 9 nitrogen and oxygen atoms in total. The number of benzene rings is 4. The third-order valence-corrected chi connectivity index (χ3v) is 10.9. The number of carbonyl (C=O) groups excluding carboxylic acids is 3. The molecule has 46 heavy (non-hydrogen) atoms. The van der Waals surface area contributed by atoms with Crippen molar-refractivity contribution in [1.29, 1.82) is 0 Å². The summed E-state index contributed by atoms with van der Waals surface area (Å²) < 4.78 is 26.1. The SMILES string of the molecule is COc1ccc([C@H]2c3sc(=O)n(CC(=O)Nc4cccc5ccccc45)c3SC3C(=O)N(c4ccc(F)cc4)C(=O)C32)cc1OC. The van der Waals surface area contributed by atoms with Gasteiger partial charge in [0.1, 0.15) is 17.6 Å². The smallest absolute Gasteiger partial charge is 0.308 e. The number of fused-ring (bicyclic) bond motifs is 3. The number of hydrogen-bond donors (Lipinski definition) is 1. The Morgan fingerprint density at radius 3 is 2.39 bits per heavy atom.